The third-order valence-electron chi connectivity index (χ3n) is 3.42. The van der Waals surface area contributed by atoms with Crippen LogP contribution >= 0.6 is 0 Å². The minimum Gasteiger partial charge on any atom is -0.360 e. The molecule has 25 heavy (non-hydrogen) atoms. The van der Waals surface area contributed by atoms with Crippen LogP contribution in [0.5, 0.6) is 0 Å². The van der Waals surface area contributed by atoms with Gasteiger partial charge in [0.25, 0.3) is 5.91 Å². The van der Waals surface area contributed by atoms with Gasteiger partial charge in [-0.05, 0) is 25.0 Å². The summed E-state index contributed by atoms with van der Waals surface area (Å²) in [6, 6.07) is 9.68. The van der Waals surface area contributed by atoms with Gasteiger partial charge in [-0.1, -0.05) is 23.4 Å². The molecular weight excluding hydrogens is 325 g/mol. The Morgan fingerprint density at radius 1 is 1.20 bits per heavy atom. The number of nitrogens with zero attached hydrogens (tertiary/aromatic N) is 3. The van der Waals surface area contributed by atoms with Crippen molar-refractivity contribution < 1.29 is 13.7 Å². The molecule has 3 rings (SSSR count). The number of hydrogen-bond donors (Lipinski definition) is 2. The summed E-state index contributed by atoms with van der Waals surface area (Å²) >= 11 is 0. The number of benzene rings is 1. The summed E-state index contributed by atoms with van der Waals surface area (Å²) in [7, 11) is 0. The van der Waals surface area contributed by atoms with Gasteiger partial charge in [0.05, 0.1) is 0 Å². The lowest BCUT2D eigenvalue weighted by molar-refractivity contribution is 0.0949. The maximum absolute atomic E-state index is 13.5. The maximum atomic E-state index is 13.5. The van der Waals surface area contributed by atoms with Crippen molar-refractivity contribution >= 4 is 17.5 Å². The average molecular weight is 341 g/mol. The van der Waals surface area contributed by atoms with Crippen molar-refractivity contribution in [3.8, 4) is 0 Å². The van der Waals surface area contributed by atoms with Crippen LogP contribution in [0.3, 0.4) is 0 Å². The summed E-state index contributed by atoms with van der Waals surface area (Å²) in [5.74, 6) is 0.915. The van der Waals surface area contributed by atoms with Crippen molar-refractivity contribution in [2.75, 3.05) is 11.9 Å². The van der Waals surface area contributed by atoms with Gasteiger partial charge in [0, 0.05) is 18.7 Å². The van der Waals surface area contributed by atoms with E-state index in [2.05, 4.69) is 25.8 Å². The van der Waals surface area contributed by atoms with E-state index in [1.807, 2.05) is 0 Å². The van der Waals surface area contributed by atoms with E-state index in [-0.39, 0.29) is 17.4 Å². The first kappa shape index (κ1) is 16.6. The Labute approximate surface area is 143 Å². The quantitative estimate of drug-likeness (QED) is 0.716. The lowest BCUT2D eigenvalue weighted by Gasteiger charge is -2.07. The van der Waals surface area contributed by atoms with E-state index in [9.17, 15) is 9.18 Å². The molecule has 2 heterocycles. The Balaban J connectivity index is 1.58. The standard InChI is InChI=1S/C17H16FN5O2/c1-11-8-16(23-25-11)22-15-9-14(20-10-21-15)17(24)19-7-6-12-4-2-3-5-13(12)18/h2-5,8-10H,6-7H2,1H3,(H,19,24)(H,20,21,22,23). The molecule has 0 fully saturated rings. The summed E-state index contributed by atoms with van der Waals surface area (Å²) in [4.78, 5) is 20.2. The van der Waals surface area contributed by atoms with Crippen molar-refractivity contribution in [1.29, 1.82) is 0 Å². The number of aryl methyl sites for hydroxylation is 1. The first-order valence-corrected chi connectivity index (χ1v) is 7.66. The minimum absolute atomic E-state index is 0.200. The predicted molar refractivity (Wildman–Crippen MR) is 89.0 cm³/mol. The number of aromatic nitrogens is 3. The van der Waals surface area contributed by atoms with E-state index < -0.39 is 0 Å². The second-order valence-electron chi connectivity index (χ2n) is 5.33. The second-order valence-corrected chi connectivity index (χ2v) is 5.33. The van der Waals surface area contributed by atoms with Crippen LogP contribution in [0.15, 0.2) is 47.2 Å². The smallest absolute Gasteiger partial charge is 0.270 e. The fourth-order valence-corrected chi connectivity index (χ4v) is 2.21. The van der Waals surface area contributed by atoms with Crippen LogP contribution in [0.1, 0.15) is 21.8 Å². The lowest BCUT2D eigenvalue weighted by atomic mass is 10.1. The van der Waals surface area contributed by atoms with Gasteiger partial charge in [0.2, 0.25) is 0 Å². The van der Waals surface area contributed by atoms with Crippen LogP contribution in [0.4, 0.5) is 16.0 Å². The maximum Gasteiger partial charge on any atom is 0.270 e. The van der Waals surface area contributed by atoms with E-state index in [0.29, 0.717) is 35.9 Å². The van der Waals surface area contributed by atoms with E-state index in [0.717, 1.165) is 0 Å². The molecule has 0 unspecified atom stereocenters. The Kier molecular flexibility index (Phi) is 4.98. The highest BCUT2D eigenvalue weighted by Crippen LogP contribution is 2.14. The zero-order valence-electron chi connectivity index (χ0n) is 13.5. The number of nitrogens with one attached hydrogen (secondary N) is 2. The first-order chi connectivity index (χ1) is 12.1. The van der Waals surface area contributed by atoms with Crippen molar-refractivity contribution in [3.05, 3.63) is 65.6 Å². The molecule has 1 aromatic carbocycles. The summed E-state index contributed by atoms with van der Waals surface area (Å²) in [6.07, 6.45) is 1.67. The van der Waals surface area contributed by atoms with Gasteiger partial charge in [0.1, 0.15) is 29.4 Å². The Hall–Kier alpha value is -3.29. The van der Waals surface area contributed by atoms with Gasteiger partial charge in [-0.25, -0.2) is 14.4 Å². The van der Waals surface area contributed by atoms with E-state index in [1.54, 1.807) is 31.2 Å². The molecule has 0 aliphatic rings. The van der Waals surface area contributed by atoms with Gasteiger partial charge in [-0.15, -0.1) is 0 Å². The van der Waals surface area contributed by atoms with Crippen LogP contribution < -0.4 is 10.6 Å². The molecule has 2 N–H and O–H groups in total. The number of hydrogen-bond acceptors (Lipinski definition) is 6. The fourth-order valence-electron chi connectivity index (χ4n) is 2.21. The molecule has 3 aromatic rings. The first-order valence-electron chi connectivity index (χ1n) is 7.66. The third-order valence-corrected chi connectivity index (χ3v) is 3.42. The van der Waals surface area contributed by atoms with Gasteiger partial charge in [-0.2, -0.15) is 0 Å². The molecule has 1 amide bonds. The third kappa shape index (κ3) is 4.37. The highest BCUT2D eigenvalue weighted by Gasteiger charge is 2.10. The number of carbonyl (C=O) groups is 1. The molecule has 7 nitrogen and oxygen atoms in total. The van der Waals surface area contributed by atoms with Crippen molar-refractivity contribution in [1.82, 2.24) is 20.4 Å². The van der Waals surface area contributed by atoms with Gasteiger partial charge in [0.15, 0.2) is 5.82 Å². The van der Waals surface area contributed by atoms with Crippen molar-refractivity contribution in [2.45, 2.75) is 13.3 Å². The number of carbonyl (C=O) groups excluding carboxylic acids is 1. The van der Waals surface area contributed by atoms with Crippen molar-refractivity contribution in [3.63, 3.8) is 0 Å². The van der Waals surface area contributed by atoms with Crippen LogP contribution in [-0.4, -0.2) is 27.6 Å². The van der Waals surface area contributed by atoms with Crippen LogP contribution in [0, 0.1) is 12.7 Å². The van der Waals surface area contributed by atoms with E-state index in [4.69, 9.17) is 4.52 Å². The molecule has 0 spiro atoms. The zero-order valence-corrected chi connectivity index (χ0v) is 13.5. The zero-order chi connectivity index (χ0) is 17.6. The normalized spacial score (nSPS) is 10.5. The molecule has 0 saturated carbocycles. The molecule has 0 bridgehead atoms. The van der Waals surface area contributed by atoms with Gasteiger partial charge in [-0.3, -0.25) is 4.79 Å². The Morgan fingerprint density at radius 2 is 2.04 bits per heavy atom. The SMILES string of the molecule is Cc1cc(Nc2cc(C(=O)NCCc3ccccc3F)ncn2)no1. The largest absolute Gasteiger partial charge is 0.360 e. The summed E-state index contributed by atoms with van der Waals surface area (Å²) in [5, 5.41) is 9.43. The van der Waals surface area contributed by atoms with E-state index in [1.165, 1.54) is 18.5 Å². The number of amides is 1. The highest BCUT2D eigenvalue weighted by atomic mass is 19.1. The Bertz CT molecular complexity index is 881. The summed E-state index contributed by atoms with van der Waals surface area (Å²) < 4.78 is 18.5. The molecule has 0 aliphatic carbocycles. The fraction of sp³-hybridized carbons (Fsp3) is 0.176. The van der Waals surface area contributed by atoms with E-state index >= 15 is 0 Å². The average Bonchev–Trinajstić information content (AvgIpc) is 3.01. The summed E-state index contributed by atoms with van der Waals surface area (Å²) in [6.45, 7) is 2.07. The molecule has 128 valence electrons. The Morgan fingerprint density at radius 3 is 2.80 bits per heavy atom. The lowest BCUT2D eigenvalue weighted by Crippen LogP contribution is -2.26. The minimum atomic E-state index is -0.363. The molecule has 8 heteroatoms. The number of halogens is 1. The molecular formula is C17H16FN5O2. The predicted octanol–water partition coefficient (Wildman–Crippen LogP) is 2.63. The highest BCUT2D eigenvalue weighted by molar-refractivity contribution is 5.92. The van der Waals surface area contributed by atoms with Crippen molar-refractivity contribution in [2.24, 2.45) is 0 Å². The second kappa shape index (κ2) is 7.52. The van der Waals surface area contributed by atoms with Gasteiger partial charge < -0.3 is 15.2 Å². The van der Waals surface area contributed by atoms with Crippen LogP contribution in [0.2, 0.25) is 0 Å². The monoisotopic (exact) mass is 341 g/mol. The molecule has 2 aromatic heterocycles. The molecule has 0 radical (unpaired) electrons. The molecule has 0 aliphatic heterocycles. The number of anilines is 2. The molecule has 0 saturated heterocycles. The van der Waals surface area contributed by atoms with Gasteiger partial charge >= 0.3 is 0 Å². The molecule has 0 atom stereocenters. The number of rotatable bonds is 6. The van der Waals surface area contributed by atoms with Crippen LogP contribution in [0.25, 0.3) is 0 Å². The topological polar surface area (TPSA) is 92.9 Å². The summed E-state index contributed by atoms with van der Waals surface area (Å²) in [5.41, 5.74) is 0.750. The van der Waals surface area contributed by atoms with Crippen LogP contribution in [-0.2, 0) is 6.42 Å².